The van der Waals surface area contributed by atoms with Crippen LogP contribution in [-0.2, 0) is 0 Å². The van der Waals surface area contributed by atoms with Crippen molar-refractivity contribution in [3.8, 4) is 5.75 Å². The van der Waals surface area contributed by atoms with Crippen LogP contribution in [0.3, 0.4) is 0 Å². The van der Waals surface area contributed by atoms with Gasteiger partial charge in [0.15, 0.2) is 0 Å². The standard InChI is InChI=1S/C19H27NO.2C2H6/c1-4-6-7-16(5-2)17-8-10-18(11-9-17)21-19-12-14-20(3)15-13-19;2*1-2/h5-11,19H,4,12-15H2,1-3H3;2*1-2H3/b7-6-,16-5+;;. The fourth-order valence-corrected chi connectivity index (χ4v) is 2.63. The van der Waals surface area contributed by atoms with Crippen LogP contribution in [0.25, 0.3) is 5.57 Å². The molecule has 1 aliphatic heterocycles. The minimum absolute atomic E-state index is 0.369. The molecule has 1 fully saturated rings. The summed E-state index contributed by atoms with van der Waals surface area (Å²) in [5.41, 5.74) is 2.51. The van der Waals surface area contributed by atoms with Crippen LogP contribution in [0.15, 0.2) is 42.5 Å². The highest BCUT2D eigenvalue weighted by molar-refractivity contribution is 5.73. The number of ether oxygens (including phenoxy) is 1. The molecule has 0 radical (unpaired) electrons. The van der Waals surface area contributed by atoms with Gasteiger partial charge in [-0.1, -0.05) is 65.0 Å². The van der Waals surface area contributed by atoms with Crippen LogP contribution in [0.2, 0.25) is 0 Å². The van der Waals surface area contributed by atoms with E-state index in [-0.39, 0.29) is 0 Å². The minimum atomic E-state index is 0.369. The van der Waals surface area contributed by atoms with E-state index in [2.05, 4.69) is 68.3 Å². The van der Waals surface area contributed by atoms with Crippen LogP contribution >= 0.6 is 0 Å². The molecule has 0 N–H and O–H groups in total. The van der Waals surface area contributed by atoms with E-state index < -0.39 is 0 Å². The molecule has 0 unspecified atom stereocenters. The van der Waals surface area contributed by atoms with Gasteiger partial charge in [-0.05, 0) is 56.5 Å². The summed E-state index contributed by atoms with van der Waals surface area (Å²) in [5, 5.41) is 0. The second kappa shape index (κ2) is 14.8. The van der Waals surface area contributed by atoms with Crippen molar-refractivity contribution in [3.63, 3.8) is 0 Å². The van der Waals surface area contributed by atoms with Gasteiger partial charge >= 0.3 is 0 Å². The second-order valence-electron chi connectivity index (χ2n) is 5.70. The highest BCUT2D eigenvalue weighted by Gasteiger charge is 2.17. The SMILES string of the molecule is C/C=C(\C=C/CC)c1ccc(OC2CCN(C)CC2)cc1.CC.CC. The molecule has 1 saturated heterocycles. The smallest absolute Gasteiger partial charge is 0.119 e. The lowest BCUT2D eigenvalue weighted by atomic mass is 10.0. The van der Waals surface area contributed by atoms with E-state index in [4.69, 9.17) is 4.74 Å². The number of rotatable bonds is 5. The van der Waals surface area contributed by atoms with Gasteiger partial charge in [-0.25, -0.2) is 0 Å². The summed E-state index contributed by atoms with van der Waals surface area (Å²) in [5.74, 6) is 0.989. The monoisotopic (exact) mass is 345 g/mol. The van der Waals surface area contributed by atoms with Crippen molar-refractivity contribution in [2.75, 3.05) is 20.1 Å². The van der Waals surface area contributed by atoms with Crippen molar-refractivity contribution < 1.29 is 4.74 Å². The summed E-state index contributed by atoms with van der Waals surface area (Å²) in [4.78, 5) is 2.36. The topological polar surface area (TPSA) is 12.5 Å². The molecule has 2 rings (SSSR count). The number of likely N-dealkylation sites (tertiary alicyclic amines) is 1. The first-order valence-corrected chi connectivity index (χ1v) is 10.0. The lowest BCUT2D eigenvalue weighted by molar-refractivity contribution is 0.114. The number of nitrogens with zero attached hydrogens (tertiary/aromatic N) is 1. The zero-order valence-corrected chi connectivity index (χ0v) is 17.5. The molecule has 1 heterocycles. The third kappa shape index (κ3) is 8.92. The molecule has 0 atom stereocenters. The number of hydrogen-bond donors (Lipinski definition) is 0. The largest absolute Gasteiger partial charge is 0.490 e. The van der Waals surface area contributed by atoms with Crippen molar-refractivity contribution in [3.05, 3.63) is 48.1 Å². The van der Waals surface area contributed by atoms with Crippen LogP contribution in [0, 0.1) is 0 Å². The lowest BCUT2D eigenvalue weighted by Gasteiger charge is -2.29. The van der Waals surface area contributed by atoms with Gasteiger partial charge in [0.2, 0.25) is 0 Å². The molecule has 1 aromatic rings. The Hall–Kier alpha value is -1.54. The van der Waals surface area contributed by atoms with Crippen LogP contribution in [-0.4, -0.2) is 31.1 Å². The van der Waals surface area contributed by atoms with E-state index >= 15 is 0 Å². The van der Waals surface area contributed by atoms with Gasteiger partial charge < -0.3 is 9.64 Å². The molecule has 2 heteroatoms. The molecule has 25 heavy (non-hydrogen) atoms. The van der Waals surface area contributed by atoms with Crippen molar-refractivity contribution in [2.24, 2.45) is 0 Å². The van der Waals surface area contributed by atoms with Crippen molar-refractivity contribution in [1.29, 1.82) is 0 Å². The van der Waals surface area contributed by atoms with Gasteiger partial charge in [0.05, 0.1) is 0 Å². The van der Waals surface area contributed by atoms with Gasteiger partial charge in [-0.15, -0.1) is 0 Å². The molecule has 0 aromatic heterocycles. The Bertz CT molecular complexity index is 479. The predicted molar refractivity (Wildman–Crippen MR) is 113 cm³/mol. The van der Waals surface area contributed by atoms with Gasteiger partial charge in [0.25, 0.3) is 0 Å². The molecule has 0 amide bonds. The molecular weight excluding hydrogens is 306 g/mol. The highest BCUT2D eigenvalue weighted by Crippen LogP contribution is 2.22. The normalized spacial score (nSPS) is 15.9. The fraction of sp³-hybridized carbons (Fsp3) is 0.565. The van der Waals surface area contributed by atoms with E-state index in [1.165, 1.54) is 11.1 Å². The predicted octanol–water partition coefficient (Wildman–Crippen LogP) is 6.58. The van der Waals surface area contributed by atoms with Crippen molar-refractivity contribution >= 4 is 5.57 Å². The Morgan fingerprint density at radius 1 is 1.08 bits per heavy atom. The summed E-state index contributed by atoms with van der Waals surface area (Å²) < 4.78 is 6.09. The Labute approximate surface area is 156 Å². The quantitative estimate of drug-likeness (QED) is 0.559. The molecule has 0 saturated carbocycles. The molecule has 1 aliphatic rings. The summed E-state index contributed by atoms with van der Waals surface area (Å²) in [6.07, 6.45) is 10.2. The average molecular weight is 346 g/mol. The summed E-state index contributed by atoms with van der Waals surface area (Å²) in [7, 11) is 2.17. The molecule has 1 aromatic carbocycles. The Balaban J connectivity index is 0.00000134. The van der Waals surface area contributed by atoms with Gasteiger partial charge in [-0.3, -0.25) is 0 Å². The summed E-state index contributed by atoms with van der Waals surface area (Å²) in [6, 6.07) is 8.49. The first kappa shape index (κ1) is 23.5. The molecule has 0 aliphatic carbocycles. The molecule has 142 valence electrons. The van der Waals surface area contributed by atoms with E-state index in [9.17, 15) is 0 Å². The van der Waals surface area contributed by atoms with Crippen molar-refractivity contribution in [2.45, 2.75) is 66.9 Å². The Kier molecular flexibility index (Phi) is 13.9. The summed E-state index contributed by atoms with van der Waals surface area (Å²) in [6.45, 7) is 14.5. The molecule has 0 spiro atoms. The molecule has 2 nitrogen and oxygen atoms in total. The second-order valence-corrected chi connectivity index (χ2v) is 5.70. The van der Waals surface area contributed by atoms with Gasteiger partial charge in [-0.2, -0.15) is 0 Å². The first-order chi connectivity index (χ1) is 12.2. The maximum atomic E-state index is 6.09. The first-order valence-electron chi connectivity index (χ1n) is 10.0. The van der Waals surface area contributed by atoms with Gasteiger partial charge in [0.1, 0.15) is 11.9 Å². The average Bonchev–Trinajstić information content (AvgIpc) is 2.68. The van der Waals surface area contributed by atoms with Crippen LogP contribution in [0.5, 0.6) is 5.75 Å². The van der Waals surface area contributed by atoms with Crippen LogP contribution < -0.4 is 4.74 Å². The lowest BCUT2D eigenvalue weighted by Crippen LogP contribution is -2.35. The maximum Gasteiger partial charge on any atom is 0.119 e. The maximum absolute atomic E-state index is 6.09. The van der Waals surface area contributed by atoms with Crippen LogP contribution in [0.4, 0.5) is 0 Å². The number of benzene rings is 1. The third-order valence-corrected chi connectivity index (χ3v) is 4.00. The third-order valence-electron chi connectivity index (χ3n) is 4.00. The fourth-order valence-electron chi connectivity index (χ4n) is 2.63. The van der Waals surface area contributed by atoms with Gasteiger partial charge in [0, 0.05) is 13.1 Å². The number of hydrogen-bond acceptors (Lipinski definition) is 2. The zero-order valence-electron chi connectivity index (χ0n) is 17.5. The Morgan fingerprint density at radius 2 is 1.64 bits per heavy atom. The molecular formula is C23H39NO. The van der Waals surface area contributed by atoms with E-state index in [0.717, 1.165) is 38.1 Å². The molecule has 0 bridgehead atoms. The Morgan fingerprint density at radius 3 is 2.12 bits per heavy atom. The summed E-state index contributed by atoms with van der Waals surface area (Å²) >= 11 is 0. The number of piperidine rings is 1. The van der Waals surface area contributed by atoms with E-state index in [0.29, 0.717) is 6.10 Å². The van der Waals surface area contributed by atoms with E-state index in [1.807, 2.05) is 27.7 Å². The van der Waals surface area contributed by atoms with E-state index in [1.54, 1.807) is 0 Å². The van der Waals surface area contributed by atoms with Crippen LogP contribution in [0.1, 0.15) is 66.4 Å². The minimum Gasteiger partial charge on any atom is -0.490 e. The number of allylic oxidation sites excluding steroid dienone is 4. The van der Waals surface area contributed by atoms with Crippen molar-refractivity contribution in [1.82, 2.24) is 4.90 Å². The highest BCUT2D eigenvalue weighted by atomic mass is 16.5. The zero-order chi connectivity index (χ0) is 19.1.